The lowest BCUT2D eigenvalue weighted by atomic mass is 10.0. The van der Waals surface area contributed by atoms with Gasteiger partial charge in [-0.05, 0) is 18.1 Å². The first-order valence-corrected chi connectivity index (χ1v) is 13.7. The maximum Gasteiger partial charge on any atom is 0.326 e. The third-order valence-electron chi connectivity index (χ3n) is 6.94. The van der Waals surface area contributed by atoms with Crippen LogP contribution in [0.25, 0.3) is 10.9 Å². The molecule has 0 bridgehead atoms. The first-order valence-electron chi connectivity index (χ1n) is 13.7. The SMILES string of the molecule is NC(CCC(=O)O)C(=O)NC(Cc1c[nH]c2ccccc12)C(=O)NC(Cc1cnc[nH]1)C(=O)NC(Cc1cnc[nH]1)C(=O)O. The molecular formula is C28H33N9O7. The second-order valence-electron chi connectivity index (χ2n) is 10.2. The summed E-state index contributed by atoms with van der Waals surface area (Å²) in [6.45, 7) is 0. The molecule has 16 heteroatoms. The predicted octanol–water partition coefficient (Wildman–Crippen LogP) is -0.627. The Labute approximate surface area is 250 Å². The number of aromatic amines is 3. The number of nitrogens with two attached hydrogens (primary N) is 1. The molecule has 1 aromatic carbocycles. The molecule has 0 aliphatic heterocycles. The summed E-state index contributed by atoms with van der Waals surface area (Å²) < 4.78 is 0. The highest BCUT2D eigenvalue weighted by Crippen LogP contribution is 2.19. The molecule has 232 valence electrons. The Balaban J connectivity index is 1.56. The Morgan fingerprint density at radius 3 is 1.93 bits per heavy atom. The average Bonchev–Trinajstić information content (AvgIpc) is 3.78. The van der Waals surface area contributed by atoms with Gasteiger partial charge in [0.1, 0.15) is 18.1 Å². The average molecular weight is 608 g/mol. The second-order valence-corrected chi connectivity index (χ2v) is 10.2. The van der Waals surface area contributed by atoms with Gasteiger partial charge in [0.2, 0.25) is 17.7 Å². The molecule has 10 N–H and O–H groups in total. The van der Waals surface area contributed by atoms with E-state index >= 15 is 0 Å². The van der Waals surface area contributed by atoms with E-state index in [9.17, 15) is 29.1 Å². The molecule has 4 rings (SSSR count). The van der Waals surface area contributed by atoms with Crippen LogP contribution in [-0.2, 0) is 43.2 Å². The summed E-state index contributed by atoms with van der Waals surface area (Å²) in [5.41, 5.74) is 8.37. The number of fused-ring (bicyclic) bond motifs is 1. The van der Waals surface area contributed by atoms with Gasteiger partial charge < -0.3 is 46.8 Å². The molecule has 0 aliphatic rings. The zero-order chi connectivity index (χ0) is 31.6. The minimum Gasteiger partial charge on any atom is -0.481 e. The van der Waals surface area contributed by atoms with Gasteiger partial charge in [-0.1, -0.05) is 18.2 Å². The van der Waals surface area contributed by atoms with E-state index in [1.54, 1.807) is 6.20 Å². The summed E-state index contributed by atoms with van der Waals surface area (Å²) in [6, 6.07) is 2.32. The smallest absolute Gasteiger partial charge is 0.326 e. The van der Waals surface area contributed by atoms with E-state index in [4.69, 9.17) is 10.8 Å². The number of hydrogen-bond acceptors (Lipinski definition) is 8. The number of para-hydroxylation sites is 1. The molecule has 0 saturated heterocycles. The van der Waals surface area contributed by atoms with E-state index in [1.165, 1.54) is 25.0 Å². The Kier molecular flexibility index (Phi) is 10.4. The van der Waals surface area contributed by atoms with E-state index in [0.29, 0.717) is 17.0 Å². The second kappa shape index (κ2) is 14.6. The lowest BCUT2D eigenvalue weighted by molar-refractivity contribution is -0.142. The van der Waals surface area contributed by atoms with Crippen LogP contribution < -0.4 is 21.7 Å². The minimum atomic E-state index is -1.34. The lowest BCUT2D eigenvalue weighted by Crippen LogP contribution is -2.58. The van der Waals surface area contributed by atoms with Crippen molar-refractivity contribution in [2.24, 2.45) is 5.73 Å². The van der Waals surface area contributed by atoms with E-state index < -0.39 is 53.8 Å². The van der Waals surface area contributed by atoms with Crippen LogP contribution in [0.1, 0.15) is 29.8 Å². The van der Waals surface area contributed by atoms with Crippen LogP contribution in [0.2, 0.25) is 0 Å². The molecule has 0 aliphatic carbocycles. The van der Waals surface area contributed by atoms with Gasteiger partial charge in [0.15, 0.2) is 0 Å². The van der Waals surface area contributed by atoms with E-state index in [-0.39, 0.29) is 32.1 Å². The molecule has 0 spiro atoms. The van der Waals surface area contributed by atoms with Crippen LogP contribution in [0, 0.1) is 0 Å². The van der Waals surface area contributed by atoms with Crippen LogP contribution in [-0.4, -0.2) is 89.0 Å². The van der Waals surface area contributed by atoms with Crippen LogP contribution in [0.3, 0.4) is 0 Å². The van der Waals surface area contributed by atoms with Crippen molar-refractivity contribution < 1.29 is 34.2 Å². The zero-order valence-corrected chi connectivity index (χ0v) is 23.4. The molecule has 3 amide bonds. The molecule has 3 heterocycles. The number of carboxylic acid groups (broad SMARTS) is 2. The summed E-state index contributed by atoms with van der Waals surface area (Å²) in [6.07, 6.45) is 6.72. The molecular weight excluding hydrogens is 574 g/mol. The number of aliphatic carboxylic acids is 2. The van der Waals surface area contributed by atoms with Crippen molar-refractivity contribution in [1.82, 2.24) is 40.9 Å². The maximum atomic E-state index is 13.7. The highest BCUT2D eigenvalue weighted by atomic mass is 16.4. The molecule has 4 unspecified atom stereocenters. The fourth-order valence-corrected chi connectivity index (χ4v) is 4.60. The van der Waals surface area contributed by atoms with Gasteiger partial charge in [0.25, 0.3) is 0 Å². The van der Waals surface area contributed by atoms with Crippen molar-refractivity contribution in [2.75, 3.05) is 0 Å². The number of aromatic nitrogens is 5. The number of nitrogens with one attached hydrogen (secondary N) is 6. The molecule has 3 aromatic heterocycles. The van der Waals surface area contributed by atoms with Crippen LogP contribution in [0.5, 0.6) is 0 Å². The van der Waals surface area contributed by atoms with Crippen LogP contribution in [0.4, 0.5) is 0 Å². The van der Waals surface area contributed by atoms with Crippen LogP contribution >= 0.6 is 0 Å². The number of rotatable bonds is 16. The largest absolute Gasteiger partial charge is 0.481 e. The molecule has 44 heavy (non-hydrogen) atoms. The van der Waals surface area contributed by atoms with Crippen LogP contribution in [0.15, 0.2) is 55.5 Å². The van der Waals surface area contributed by atoms with Crippen molar-refractivity contribution >= 4 is 40.6 Å². The molecule has 16 nitrogen and oxygen atoms in total. The van der Waals surface area contributed by atoms with E-state index in [0.717, 1.165) is 10.9 Å². The first-order chi connectivity index (χ1) is 21.1. The van der Waals surface area contributed by atoms with Crippen molar-refractivity contribution in [3.05, 3.63) is 72.5 Å². The topological polar surface area (TPSA) is 261 Å². The Morgan fingerprint density at radius 2 is 1.34 bits per heavy atom. The van der Waals surface area contributed by atoms with Gasteiger partial charge in [0, 0.05) is 66.6 Å². The van der Waals surface area contributed by atoms with Gasteiger partial charge in [0.05, 0.1) is 18.7 Å². The van der Waals surface area contributed by atoms with Crippen molar-refractivity contribution in [3.63, 3.8) is 0 Å². The number of carbonyl (C=O) groups excluding carboxylic acids is 3. The molecule has 0 fully saturated rings. The minimum absolute atomic E-state index is 0.00318. The lowest BCUT2D eigenvalue weighted by Gasteiger charge is -2.25. The first kappa shape index (κ1) is 31.4. The number of nitrogens with zero attached hydrogens (tertiary/aromatic N) is 2. The summed E-state index contributed by atoms with van der Waals surface area (Å²) in [4.78, 5) is 79.6. The summed E-state index contributed by atoms with van der Waals surface area (Å²) in [7, 11) is 0. The van der Waals surface area contributed by atoms with Gasteiger partial charge >= 0.3 is 11.9 Å². The highest BCUT2D eigenvalue weighted by Gasteiger charge is 2.31. The number of hydrogen-bond donors (Lipinski definition) is 9. The number of imidazole rings is 2. The monoisotopic (exact) mass is 607 g/mol. The van der Waals surface area contributed by atoms with Gasteiger partial charge in [-0.25, -0.2) is 14.8 Å². The molecule has 0 radical (unpaired) electrons. The summed E-state index contributed by atoms with van der Waals surface area (Å²) in [5, 5.41) is 27.2. The standard InChI is InChI=1S/C28H33N9O7/c29-19(5-6-24(38)39)25(40)35-21(7-15-10-32-20-4-2-1-3-18(15)20)26(41)36-22(8-16-11-30-13-33-16)27(42)37-23(28(43)44)9-17-12-31-14-34-17/h1-4,10-14,19,21-23,32H,5-9,29H2,(H,30,33)(H,31,34)(H,35,40)(H,36,41)(H,37,42)(H,38,39)(H,43,44). The Bertz CT molecular complexity index is 1580. The fourth-order valence-electron chi connectivity index (χ4n) is 4.60. The number of benzene rings is 1. The third-order valence-corrected chi connectivity index (χ3v) is 6.94. The normalized spacial score (nSPS) is 13.8. The van der Waals surface area contributed by atoms with Crippen molar-refractivity contribution in [2.45, 2.75) is 56.3 Å². The number of carboxylic acids is 2. The van der Waals surface area contributed by atoms with E-state index in [1.807, 2.05) is 24.3 Å². The van der Waals surface area contributed by atoms with Gasteiger partial charge in [-0.3, -0.25) is 19.2 Å². The highest BCUT2D eigenvalue weighted by molar-refractivity contribution is 5.95. The zero-order valence-electron chi connectivity index (χ0n) is 23.4. The van der Waals surface area contributed by atoms with Gasteiger partial charge in [-0.15, -0.1) is 0 Å². The van der Waals surface area contributed by atoms with Crippen molar-refractivity contribution in [3.8, 4) is 0 Å². The third kappa shape index (κ3) is 8.51. The summed E-state index contributed by atoms with van der Waals surface area (Å²) >= 11 is 0. The van der Waals surface area contributed by atoms with E-state index in [2.05, 4.69) is 40.9 Å². The van der Waals surface area contributed by atoms with Crippen molar-refractivity contribution in [1.29, 1.82) is 0 Å². The molecule has 4 aromatic rings. The quantitative estimate of drug-likeness (QED) is 0.0779. The molecule has 0 saturated carbocycles. The maximum absolute atomic E-state index is 13.7. The Hall–Kier alpha value is -5.51. The number of amides is 3. The number of carbonyl (C=O) groups is 5. The predicted molar refractivity (Wildman–Crippen MR) is 155 cm³/mol. The number of H-pyrrole nitrogens is 3. The Morgan fingerprint density at radius 1 is 0.773 bits per heavy atom. The van der Waals surface area contributed by atoms with Gasteiger partial charge in [-0.2, -0.15) is 0 Å². The summed E-state index contributed by atoms with van der Waals surface area (Å²) in [5.74, 6) is -4.68. The molecule has 4 atom stereocenters. The fraction of sp³-hybridized carbons (Fsp3) is 0.321.